The van der Waals surface area contributed by atoms with Crippen molar-refractivity contribution in [2.75, 3.05) is 0 Å². The van der Waals surface area contributed by atoms with Gasteiger partial charge in [-0.3, -0.25) is 0 Å². The highest BCUT2D eigenvalue weighted by Gasteiger charge is 2.04. The summed E-state index contributed by atoms with van der Waals surface area (Å²) in [6, 6.07) is 9.20. The molecule has 0 aliphatic carbocycles. The molecule has 2 rings (SSSR count). The summed E-state index contributed by atoms with van der Waals surface area (Å²) in [5.74, 6) is -0.881. The van der Waals surface area contributed by atoms with E-state index in [9.17, 15) is 4.79 Å². The van der Waals surface area contributed by atoms with Crippen molar-refractivity contribution in [3.8, 4) is 0 Å². The maximum atomic E-state index is 10.9. The third kappa shape index (κ3) is 3.66. The summed E-state index contributed by atoms with van der Waals surface area (Å²) >= 11 is 1.76. The molecule has 19 heavy (non-hydrogen) atoms. The minimum absolute atomic E-state index is 0.338. The van der Waals surface area contributed by atoms with Crippen LogP contribution in [0.15, 0.2) is 35.7 Å². The van der Waals surface area contributed by atoms with Crippen molar-refractivity contribution < 1.29 is 9.90 Å². The molecule has 0 aliphatic rings. The summed E-state index contributed by atoms with van der Waals surface area (Å²) in [7, 11) is 0. The fourth-order valence-corrected chi connectivity index (χ4v) is 2.92. The van der Waals surface area contributed by atoms with Crippen LogP contribution in [0.5, 0.6) is 0 Å². The van der Waals surface area contributed by atoms with Gasteiger partial charge in [0.15, 0.2) is 0 Å². The van der Waals surface area contributed by atoms with Crippen molar-refractivity contribution >= 4 is 17.3 Å². The first kappa shape index (κ1) is 13.8. The van der Waals surface area contributed by atoms with Crippen LogP contribution in [0.25, 0.3) is 0 Å². The van der Waals surface area contributed by atoms with E-state index in [1.54, 1.807) is 29.5 Å². The van der Waals surface area contributed by atoms with Gasteiger partial charge < -0.3 is 10.4 Å². The van der Waals surface area contributed by atoms with Crippen LogP contribution in [0.4, 0.5) is 0 Å². The minimum Gasteiger partial charge on any atom is -0.478 e. The van der Waals surface area contributed by atoms with Crippen LogP contribution in [0.2, 0.25) is 0 Å². The van der Waals surface area contributed by atoms with Crippen molar-refractivity contribution in [1.82, 2.24) is 5.32 Å². The van der Waals surface area contributed by atoms with E-state index in [0.29, 0.717) is 12.1 Å². The molecule has 100 valence electrons. The van der Waals surface area contributed by atoms with Gasteiger partial charge in [-0.1, -0.05) is 19.1 Å². The van der Waals surface area contributed by atoms with Gasteiger partial charge in [0, 0.05) is 18.0 Å². The molecule has 0 unspecified atom stereocenters. The Bertz CT molecular complexity index is 563. The molecule has 1 heterocycles. The Balaban J connectivity index is 1.92. The van der Waals surface area contributed by atoms with Gasteiger partial charge in [-0.05, 0) is 41.1 Å². The molecule has 3 nitrogen and oxygen atoms in total. The van der Waals surface area contributed by atoms with Crippen molar-refractivity contribution in [1.29, 1.82) is 0 Å². The summed E-state index contributed by atoms with van der Waals surface area (Å²) in [6.45, 7) is 3.67. The third-order valence-electron chi connectivity index (χ3n) is 3.01. The van der Waals surface area contributed by atoms with Gasteiger partial charge in [-0.25, -0.2) is 4.79 Å². The van der Waals surface area contributed by atoms with Crippen molar-refractivity contribution in [3.63, 3.8) is 0 Å². The van der Waals surface area contributed by atoms with E-state index in [1.807, 2.05) is 6.07 Å². The van der Waals surface area contributed by atoms with E-state index in [-0.39, 0.29) is 0 Å². The normalized spacial score (nSPS) is 10.6. The number of hydrogen-bond acceptors (Lipinski definition) is 3. The quantitative estimate of drug-likeness (QED) is 0.850. The molecule has 0 saturated heterocycles. The van der Waals surface area contributed by atoms with Gasteiger partial charge in [-0.15, -0.1) is 11.3 Å². The Hall–Kier alpha value is -1.65. The highest BCUT2D eigenvalue weighted by molar-refractivity contribution is 7.10. The maximum absolute atomic E-state index is 10.9. The second-order valence-corrected chi connectivity index (χ2v) is 5.33. The van der Waals surface area contributed by atoms with Gasteiger partial charge in [0.2, 0.25) is 0 Å². The third-order valence-corrected chi connectivity index (χ3v) is 3.97. The molecular formula is C15H17NO2S. The molecule has 0 fully saturated rings. The van der Waals surface area contributed by atoms with E-state index in [2.05, 4.69) is 23.7 Å². The smallest absolute Gasteiger partial charge is 0.335 e. The Labute approximate surface area is 116 Å². The molecule has 0 atom stereocenters. The van der Waals surface area contributed by atoms with Crippen LogP contribution in [0.1, 0.15) is 33.3 Å². The van der Waals surface area contributed by atoms with E-state index >= 15 is 0 Å². The Morgan fingerprint density at radius 1 is 1.32 bits per heavy atom. The van der Waals surface area contributed by atoms with Gasteiger partial charge in [-0.2, -0.15) is 0 Å². The summed E-state index contributed by atoms with van der Waals surface area (Å²) < 4.78 is 0. The first-order valence-corrected chi connectivity index (χ1v) is 7.17. The average Bonchev–Trinajstić information content (AvgIpc) is 2.86. The topological polar surface area (TPSA) is 49.3 Å². The predicted molar refractivity (Wildman–Crippen MR) is 77.6 cm³/mol. The lowest BCUT2D eigenvalue weighted by atomic mass is 10.1. The highest BCUT2D eigenvalue weighted by atomic mass is 32.1. The number of carboxylic acid groups (broad SMARTS) is 1. The van der Waals surface area contributed by atoms with Gasteiger partial charge in [0.1, 0.15) is 0 Å². The Kier molecular flexibility index (Phi) is 4.71. The maximum Gasteiger partial charge on any atom is 0.335 e. The van der Waals surface area contributed by atoms with E-state index < -0.39 is 5.97 Å². The van der Waals surface area contributed by atoms with Crippen LogP contribution in [0.3, 0.4) is 0 Å². The van der Waals surface area contributed by atoms with Crippen LogP contribution in [-0.2, 0) is 19.5 Å². The van der Waals surface area contributed by atoms with Gasteiger partial charge in [0.05, 0.1) is 5.56 Å². The number of hydrogen-bond donors (Lipinski definition) is 2. The number of aromatic carboxylic acids is 1. The molecular weight excluding hydrogens is 258 g/mol. The highest BCUT2D eigenvalue weighted by Crippen LogP contribution is 2.17. The van der Waals surface area contributed by atoms with Crippen LogP contribution < -0.4 is 5.32 Å². The van der Waals surface area contributed by atoms with E-state index in [0.717, 1.165) is 18.5 Å². The van der Waals surface area contributed by atoms with Gasteiger partial charge in [0.25, 0.3) is 0 Å². The first-order valence-electron chi connectivity index (χ1n) is 6.29. The summed E-state index contributed by atoms with van der Waals surface area (Å²) in [5, 5.41) is 14.4. The Morgan fingerprint density at radius 2 is 2.16 bits per heavy atom. The molecule has 2 aromatic rings. The number of carbonyl (C=O) groups is 1. The lowest BCUT2D eigenvalue weighted by molar-refractivity contribution is 0.0696. The number of nitrogens with one attached hydrogen (secondary N) is 1. The molecule has 0 bridgehead atoms. The molecule has 0 aliphatic heterocycles. The number of carboxylic acids is 1. The lowest BCUT2D eigenvalue weighted by Crippen LogP contribution is -2.13. The second kappa shape index (κ2) is 6.50. The number of rotatable bonds is 6. The lowest BCUT2D eigenvalue weighted by Gasteiger charge is -2.06. The standard InChI is InChI=1S/C15H17NO2S/c1-2-12-6-7-19-14(12)10-16-9-11-4-3-5-13(8-11)15(17)18/h3-8,16H,2,9-10H2,1H3,(H,17,18). The van der Waals surface area contributed by atoms with Crippen molar-refractivity contribution in [2.45, 2.75) is 26.4 Å². The number of benzene rings is 1. The predicted octanol–water partition coefficient (Wildman–Crippen LogP) is 3.30. The van der Waals surface area contributed by atoms with Crippen molar-refractivity contribution in [3.05, 3.63) is 57.3 Å². The zero-order valence-electron chi connectivity index (χ0n) is 10.8. The summed E-state index contributed by atoms with van der Waals surface area (Å²) in [5.41, 5.74) is 2.72. The molecule has 1 aromatic heterocycles. The fourth-order valence-electron chi connectivity index (χ4n) is 1.97. The summed E-state index contributed by atoms with van der Waals surface area (Å²) in [6.07, 6.45) is 1.05. The first-order chi connectivity index (χ1) is 9.20. The monoisotopic (exact) mass is 275 g/mol. The zero-order valence-corrected chi connectivity index (χ0v) is 11.7. The molecule has 4 heteroatoms. The van der Waals surface area contributed by atoms with Crippen molar-refractivity contribution in [2.24, 2.45) is 0 Å². The summed E-state index contributed by atoms with van der Waals surface area (Å²) in [4.78, 5) is 12.2. The second-order valence-electron chi connectivity index (χ2n) is 4.33. The zero-order chi connectivity index (χ0) is 13.7. The van der Waals surface area contributed by atoms with Crippen LogP contribution >= 0.6 is 11.3 Å². The molecule has 1 aromatic carbocycles. The minimum atomic E-state index is -0.881. The van der Waals surface area contributed by atoms with E-state index in [1.165, 1.54) is 10.4 Å². The number of thiophene rings is 1. The van der Waals surface area contributed by atoms with Crippen LogP contribution in [0, 0.1) is 0 Å². The van der Waals surface area contributed by atoms with Gasteiger partial charge >= 0.3 is 5.97 Å². The molecule has 0 spiro atoms. The largest absolute Gasteiger partial charge is 0.478 e. The van der Waals surface area contributed by atoms with Crippen LogP contribution in [-0.4, -0.2) is 11.1 Å². The van der Waals surface area contributed by atoms with E-state index in [4.69, 9.17) is 5.11 Å². The fraction of sp³-hybridized carbons (Fsp3) is 0.267. The average molecular weight is 275 g/mol. The molecule has 0 radical (unpaired) electrons. The number of aryl methyl sites for hydroxylation is 1. The molecule has 0 saturated carbocycles. The SMILES string of the molecule is CCc1ccsc1CNCc1cccc(C(=O)O)c1. The molecule has 0 amide bonds. The molecule has 2 N–H and O–H groups in total. The Morgan fingerprint density at radius 3 is 2.89 bits per heavy atom.